The van der Waals surface area contributed by atoms with Gasteiger partial charge in [0.15, 0.2) is 0 Å². The van der Waals surface area contributed by atoms with E-state index in [4.69, 9.17) is 0 Å². The number of unbranched alkanes of at least 4 members (excludes halogenated alkanes) is 1. The minimum atomic E-state index is -0.582. The minimum Gasteiger partial charge on any atom is -0.494 e. The molecule has 2 aromatic rings. The van der Waals surface area contributed by atoms with Crippen LogP contribution in [0.3, 0.4) is 0 Å². The van der Waals surface area contributed by atoms with Crippen LogP contribution in [0, 0.1) is 0 Å². The number of hydrogen-bond acceptors (Lipinski definition) is 4. The van der Waals surface area contributed by atoms with Gasteiger partial charge < -0.3 is 14.8 Å². The molecule has 0 amide bonds. The number of hydrogen-bond donors (Lipinski definition) is 2. The zero-order chi connectivity index (χ0) is 13.5. The number of aromatic hydroxyl groups is 1. The standard InChI is InChI=1S/C9H8N2O3.C4H10/c1-14-9(13)6-5-3-2-4-10-7(5)11-8(6)12;1-3-4-2/h2-4,12H,1H3,(H,10,11);3-4H2,1-2H3. The van der Waals surface area contributed by atoms with Crippen LogP contribution in [0.25, 0.3) is 11.0 Å². The summed E-state index contributed by atoms with van der Waals surface area (Å²) >= 11 is 0. The maximum Gasteiger partial charge on any atom is 0.344 e. The number of H-pyrrole nitrogens is 1. The maximum absolute atomic E-state index is 11.3. The number of nitrogens with zero attached hydrogens (tertiary/aromatic N) is 1. The van der Waals surface area contributed by atoms with Gasteiger partial charge >= 0.3 is 5.97 Å². The van der Waals surface area contributed by atoms with E-state index < -0.39 is 5.97 Å². The van der Waals surface area contributed by atoms with E-state index in [9.17, 15) is 9.90 Å². The van der Waals surface area contributed by atoms with Gasteiger partial charge in [-0.05, 0) is 12.1 Å². The lowest BCUT2D eigenvalue weighted by Crippen LogP contribution is -2.00. The number of fused-ring (bicyclic) bond motifs is 1. The van der Waals surface area contributed by atoms with E-state index in [-0.39, 0.29) is 11.4 Å². The zero-order valence-corrected chi connectivity index (χ0v) is 10.9. The minimum absolute atomic E-state index is 0.121. The third-order valence-electron chi connectivity index (χ3n) is 2.44. The van der Waals surface area contributed by atoms with E-state index in [2.05, 4.69) is 28.6 Å². The highest BCUT2D eigenvalue weighted by molar-refractivity contribution is 6.05. The summed E-state index contributed by atoms with van der Waals surface area (Å²) < 4.78 is 4.54. The number of aromatic amines is 1. The number of aromatic nitrogens is 2. The van der Waals surface area contributed by atoms with E-state index >= 15 is 0 Å². The monoisotopic (exact) mass is 250 g/mol. The summed E-state index contributed by atoms with van der Waals surface area (Å²) in [5.41, 5.74) is 0.584. The Hall–Kier alpha value is -2.04. The smallest absolute Gasteiger partial charge is 0.344 e. The first-order valence-electron chi connectivity index (χ1n) is 5.89. The van der Waals surface area contributed by atoms with Gasteiger partial charge in [0.1, 0.15) is 11.2 Å². The summed E-state index contributed by atoms with van der Waals surface area (Å²) in [7, 11) is 1.26. The molecule has 2 aromatic heterocycles. The van der Waals surface area contributed by atoms with Crippen molar-refractivity contribution in [2.45, 2.75) is 26.7 Å². The summed E-state index contributed by atoms with van der Waals surface area (Å²) in [5, 5.41) is 9.99. The Balaban J connectivity index is 0.000000357. The van der Waals surface area contributed by atoms with Crippen molar-refractivity contribution in [1.29, 1.82) is 0 Å². The first-order valence-corrected chi connectivity index (χ1v) is 5.89. The fraction of sp³-hybridized carbons (Fsp3) is 0.385. The van der Waals surface area contributed by atoms with Crippen molar-refractivity contribution in [2.75, 3.05) is 7.11 Å². The number of pyridine rings is 1. The average Bonchev–Trinajstić information content (AvgIpc) is 2.74. The number of esters is 1. The SMILES string of the molecule is CCCC.COC(=O)c1c(O)[nH]c2ncccc12. The van der Waals surface area contributed by atoms with Crippen LogP contribution in [0.15, 0.2) is 18.3 Å². The zero-order valence-electron chi connectivity index (χ0n) is 10.9. The fourth-order valence-electron chi connectivity index (χ4n) is 1.32. The number of ether oxygens (including phenoxy) is 1. The van der Waals surface area contributed by atoms with Gasteiger partial charge in [-0.25, -0.2) is 9.78 Å². The Morgan fingerprint density at radius 3 is 2.67 bits per heavy atom. The second-order valence-corrected chi connectivity index (χ2v) is 3.74. The molecule has 0 saturated carbocycles. The molecule has 0 aliphatic carbocycles. The van der Waals surface area contributed by atoms with Crippen molar-refractivity contribution in [3.05, 3.63) is 23.9 Å². The van der Waals surface area contributed by atoms with Crippen LogP contribution in [-0.4, -0.2) is 28.2 Å². The molecule has 2 rings (SSSR count). The molecule has 0 aromatic carbocycles. The van der Waals surface area contributed by atoms with Gasteiger partial charge in [0.2, 0.25) is 5.88 Å². The van der Waals surface area contributed by atoms with E-state index in [1.807, 2.05) is 0 Å². The molecule has 0 bridgehead atoms. The Morgan fingerprint density at radius 2 is 2.11 bits per heavy atom. The van der Waals surface area contributed by atoms with Crippen LogP contribution >= 0.6 is 0 Å². The Bertz CT molecular complexity index is 518. The highest BCUT2D eigenvalue weighted by atomic mass is 16.5. The molecule has 5 heteroatoms. The van der Waals surface area contributed by atoms with Crippen molar-refractivity contribution in [2.24, 2.45) is 0 Å². The van der Waals surface area contributed by atoms with Gasteiger partial charge in [-0.1, -0.05) is 26.7 Å². The third kappa shape index (κ3) is 3.00. The van der Waals surface area contributed by atoms with Crippen molar-refractivity contribution < 1.29 is 14.6 Å². The van der Waals surface area contributed by atoms with Gasteiger partial charge in [-0.15, -0.1) is 0 Å². The van der Waals surface area contributed by atoms with Gasteiger partial charge in [-0.3, -0.25) is 0 Å². The highest BCUT2D eigenvalue weighted by Crippen LogP contribution is 2.25. The van der Waals surface area contributed by atoms with Crippen LogP contribution in [0.2, 0.25) is 0 Å². The molecule has 5 nitrogen and oxygen atoms in total. The van der Waals surface area contributed by atoms with Crippen LogP contribution in [0.5, 0.6) is 5.88 Å². The van der Waals surface area contributed by atoms with Crippen LogP contribution in [0.1, 0.15) is 37.0 Å². The molecular formula is C13H18N2O3. The topological polar surface area (TPSA) is 75.2 Å². The van der Waals surface area contributed by atoms with Crippen molar-refractivity contribution in [3.63, 3.8) is 0 Å². The summed E-state index contributed by atoms with van der Waals surface area (Å²) in [6.45, 7) is 4.36. The molecular weight excluding hydrogens is 232 g/mol. The van der Waals surface area contributed by atoms with E-state index in [0.717, 1.165) is 0 Å². The number of rotatable bonds is 2. The van der Waals surface area contributed by atoms with Crippen molar-refractivity contribution in [3.8, 4) is 5.88 Å². The Labute approximate surface area is 106 Å². The number of carbonyl (C=O) groups excluding carboxylic acids is 1. The average molecular weight is 250 g/mol. The van der Waals surface area contributed by atoms with Gasteiger partial charge in [0.05, 0.1) is 7.11 Å². The van der Waals surface area contributed by atoms with Crippen LogP contribution in [-0.2, 0) is 4.74 Å². The lowest BCUT2D eigenvalue weighted by atomic mass is 10.2. The van der Waals surface area contributed by atoms with Crippen LogP contribution < -0.4 is 0 Å². The number of nitrogens with one attached hydrogen (secondary N) is 1. The first kappa shape index (κ1) is 14.0. The molecule has 2 heterocycles. The quantitative estimate of drug-likeness (QED) is 0.803. The molecule has 0 spiro atoms. The molecule has 0 aliphatic heterocycles. The predicted molar refractivity (Wildman–Crippen MR) is 69.7 cm³/mol. The summed E-state index contributed by atoms with van der Waals surface area (Å²) in [6.07, 6.45) is 4.21. The number of carbonyl (C=O) groups is 1. The maximum atomic E-state index is 11.3. The van der Waals surface area contributed by atoms with Gasteiger partial charge in [0.25, 0.3) is 0 Å². The summed E-state index contributed by atoms with van der Waals surface area (Å²) in [6, 6.07) is 3.37. The van der Waals surface area contributed by atoms with E-state index in [1.165, 1.54) is 20.0 Å². The third-order valence-corrected chi connectivity index (χ3v) is 2.44. The molecule has 0 unspecified atom stereocenters. The van der Waals surface area contributed by atoms with Crippen molar-refractivity contribution in [1.82, 2.24) is 9.97 Å². The predicted octanol–water partition coefficient (Wildman–Crippen LogP) is 2.86. The molecule has 18 heavy (non-hydrogen) atoms. The summed E-state index contributed by atoms with van der Waals surface area (Å²) in [4.78, 5) is 17.8. The van der Waals surface area contributed by atoms with Crippen molar-refractivity contribution >= 4 is 17.0 Å². The second kappa shape index (κ2) is 6.64. The summed E-state index contributed by atoms with van der Waals surface area (Å²) in [5.74, 6) is -0.799. The van der Waals surface area contributed by atoms with E-state index in [0.29, 0.717) is 11.0 Å². The molecule has 0 atom stereocenters. The lowest BCUT2D eigenvalue weighted by Gasteiger charge is -1.96. The first-order chi connectivity index (χ1) is 8.65. The molecule has 0 saturated heterocycles. The molecule has 2 N–H and O–H groups in total. The Kier molecular flexibility index (Phi) is 5.17. The van der Waals surface area contributed by atoms with Gasteiger partial charge in [-0.2, -0.15) is 0 Å². The molecule has 0 fully saturated rings. The molecule has 0 aliphatic rings. The molecule has 0 radical (unpaired) electrons. The fourth-order valence-corrected chi connectivity index (χ4v) is 1.32. The largest absolute Gasteiger partial charge is 0.494 e. The highest BCUT2D eigenvalue weighted by Gasteiger charge is 2.18. The number of methoxy groups -OCH3 is 1. The molecule has 98 valence electrons. The lowest BCUT2D eigenvalue weighted by molar-refractivity contribution is 0.0599. The Morgan fingerprint density at radius 1 is 1.44 bits per heavy atom. The normalized spacial score (nSPS) is 9.72. The van der Waals surface area contributed by atoms with E-state index in [1.54, 1.807) is 18.3 Å². The second-order valence-electron chi connectivity index (χ2n) is 3.74. The van der Waals surface area contributed by atoms with Gasteiger partial charge in [0, 0.05) is 11.6 Å². The van der Waals surface area contributed by atoms with Crippen LogP contribution in [0.4, 0.5) is 0 Å².